The first-order chi connectivity index (χ1) is 8.40. The number of hydrogen-bond donors (Lipinski definition) is 1. The van der Waals surface area contributed by atoms with Gasteiger partial charge in [0.15, 0.2) is 0 Å². The minimum absolute atomic E-state index is 0.107. The summed E-state index contributed by atoms with van der Waals surface area (Å²) in [5.41, 5.74) is -0.298. The molecule has 0 saturated carbocycles. The topological polar surface area (TPSA) is 115 Å². The zero-order valence-corrected chi connectivity index (χ0v) is 9.71. The third kappa shape index (κ3) is 1.88. The summed E-state index contributed by atoms with van der Waals surface area (Å²) in [5.74, 6) is 0.746. The number of aromatic nitrogens is 2. The van der Waals surface area contributed by atoms with E-state index in [1.54, 1.807) is 0 Å². The quantitative estimate of drug-likeness (QED) is 0.663. The molecule has 18 heavy (non-hydrogen) atoms. The molecule has 0 saturated heterocycles. The summed E-state index contributed by atoms with van der Waals surface area (Å²) in [5, 5.41) is 21.6. The number of nitro groups is 2. The summed E-state index contributed by atoms with van der Waals surface area (Å²) >= 11 is 0. The van der Waals surface area contributed by atoms with E-state index in [1.807, 2.05) is 13.8 Å². The van der Waals surface area contributed by atoms with Crippen molar-refractivity contribution >= 4 is 22.4 Å². The molecule has 2 aromatic rings. The largest absolute Gasteiger partial charge is 0.348 e. The second kappa shape index (κ2) is 4.06. The Kier molecular flexibility index (Phi) is 2.70. The van der Waals surface area contributed by atoms with E-state index in [1.165, 1.54) is 0 Å². The second-order valence-electron chi connectivity index (χ2n) is 4.15. The van der Waals surface area contributed by atoms with Gasteiger partial charge >= 0.3 is 11.4 Å². The average molecular weight is 250 g/mol. The van der Waals surface area contributed by atoms with Crippen LogP contribution >= 0.6 is 0 Å². The smallest absolute Gasteiger partial charge is 0.342 e. The number of H-pyrrole nitrogens is 1. The van der Waals surface area contributed by atoms with E-state index in [0.717, 1.165) is 12.1 Å². The van der Waals surface area contributed by atoms with Gasteiger partial charge in [0.1, 0.15) is 5.82 Å². The van der Waals surface area contributed by atoms with Crippen molar-refractivity contribution in [1.29, 1.82) is 0 Å². The van der Waals surface area contributed by atoms with Crippen LogP contribution in [0.4, 0.5) is 11.4 Å². The Balaban J connectivity index is 2.72. The van der Waals surface area contributed by atoms with Gasteiger partial charge in [0, 0.05) is 12.0 Å². The molecule has 1 N–H and O–H groups in total. The highest BCUT2D eigenvalue weighted by atomic mass is 16.6. The van der Waals surface area contributed by atoms with E-state index in [4.69, 9.17) is 0 Å². The number of benzene rings is 1. The molecule has 1 aromatic heterocycles. The molecule has 2 rings (SSSR count). The Morgan fingerprint density at radius 1 is 1.17 bits per heavy atom. The molecule has 0 radical (unpaired) electrons. The van der Waals surface area contributed by atoms with Crippen LogP contribution in [0, 0.1) is 20.2 Å². The predicted octanol–water partition coefficient (Wildman–Crippen LogP) is 2.50. The first kappa shape index (κ1) is 12.0. The highest BCUT2D eigenvalue weighted by molar-refractivity contribution is 5.82. The van der Waals surface area contributed by atoms with Gasteiger partial charge in [0.25, 0.3) is 0 Å². The van der Waals surface area contributed by atoms with E-state index >= 15 is 0 Å². The fourth-order valence-corrected chi connectivity index (χ4v) is 1.62. The Hall–Kier alpha value is -2.51. The highest BCUT2D eigenvalue weighted by Crippen LogP contribution is 2.31. The van der Waals surface area contributed by atoms with Gasteiger partial charge in [-0.25, -0.2) is 4.98 Å². The van der Waals surface area contributed by atoms with Crippen LogP contribution in [-0.4, -0.2) is 19.8 Å². The van der Waals surface area contributed by atoms with Crippen LogP contribution in [0.25, 0.3) is 11.0 Å². The van der Waals surface area contributed by atoms with Crippen LogP contribution in [0.3, 0.4) is 0 Å². The number of rotatable bonds is 3. The summed E-state index contributed by atoms with van der Waals surface area (Å²) in [6.45, 7) is 3.81. The van der Waals surface area contributed by atoms with E-state index < -0.39 is 21.2 Å². The standard InChI is InChI=1S/C10H10N4O4/c1-5(2)10-11-6-3-8(13(15)16)9(14(17)18)4-7(6)12-10/h3-5H,1-2H3,(H,11,12). The molecular formula is C10H10N4O4. The Morgan fingerprint density at radius 3 is 2.22 bits per heavy atom. The lowest BCUT2D eigenvalue weighted by molar-refractivity contribution is -0.422. The number of nitro benzene ring substituents is 2. The van der Waals surface area contributed by atoms with Crippen LogP contribution in [0.15, 0.2) is 12.1 Å². The number of fused-ring (bicyclic) bond motifs is 1. The Labute approximate surface area is 101 Å². The molecule has 0 aliphatic rings. The van der Waals surface area contributed by atoms with Gasteiger partial charge in [-0.1, -0.05) is 13.8 Å². The summed E-state index contributed by atoms with van der Waals surface area (Å²) < 4.78 is 0. The monoisotopic (exact) mass is 250 g/mol. The molecule has 94 valence electrons. The second-order valence-corrected chi connectivity index (χ2v) is 4.15. The van der Waals surface area contributed by atoms with Gasteiger partial charge < -0.3 is 4.98 Å². The molecule has 8 nitrogen and oxygen atoms in total. The van der Waals surface area contributed by atoms with Crippen LogP contribution < -0.4 is 0 Å². The summed E-state index contributed by atoms with van der Waals surface area (Å²) in [6.07, 6.45) is 0. The number of nitrogens with one attached hydrogen (secondary N) is 1. The molecule has 1 aromatic carbocycles. The maximum Gasteiger partial charge on any atom is 0.348 e. The summed E-state index contributed by atoms with van der Waals surface area (Å²) in [7, 11) is 0. The van der Waals surface area contributed by atoms with Crippen molar-refractivity contribution in [3.63, 3.8) is 0 Å². The normalized spacial score (nSPS) is 11.1. The van der Waals surface area contributed by atoms with Crippen LogP contribution in [-0.2, 0) is 0 Å². The zero-order valence-electron chi connectivity index (χ0n) is 9.71. The van der Waals surface area contributed by atoms with Gasteiger partial charge in [-0.15, -0.1) is 0 Å². The van der Waals surface area contributed by atoms with E-state index in [0.29, 0.717) is 16.9 Å². The molecule has 0 atom stereocenters. The fourth-order valence-electron chi connectivity index (χ4n) is 1.62. The molecule has 1 heterocycles. The van der Waals surface area contributed by atoms with Gasteiger partial charge in [0.2, 0.25) is 0 Å². The van der Waals surface area contributed by atoms with Crippen molar-refractivity contribution in [3.8, 4) is 0 Å². The van der Waals surface area contributed by atoms with Crippen LogP contribution in [0.5, 0.6) is 0 Å². The molecule has 8 heteroatoms. The first-order valence-corrected chi connectivity index (χ1v) is 5.22. The molecule has 0 aliphatic heterocycles. The average Bonchev–Trinajstić information content (AvgIpc) is 2.69. The third-order valence-electron chi connectivity index (χ3n) is 2.54. The number of aromatic amines is 1. The minimum Gasteiger partial charge on any atom is -0.342 e. The van der Waals surface area contributed by atoms with Gasteiger partial charge in [-0.3, -0.25) is 20.2 Å². The number of imidazole rings is 1. The third-order valence-corrected chi connectivity index (χ3v) is 2.54. The summed E-state index contributed by atoms with van der Waals surface area (Å²) in [4.78, 5) is 27.1. The van der Waals surface area contributed by atoms with E-state index in [9.17, 15) is 20.2 Å². The van der Waals surface area contributed by atoms with Crippen LogP contribution in [0.2, 0.25) is 0 Å². The molecule has 0 spiro atoms. The maximum absolute atomic E-state index is 10.8. The molecular weight excluding hydrogens is 240 g/mol. The van der Waals surface area contributed by atoms with Crippen molar-refractivity contribution in [2.24, 2.45) is 0 Å². The zero-order chi connectivity index (χ0) is 13.4. The minimum atomic E-state index is -0.776. The van der Waals surface area contributed by atoms with Crippen molar-refractivity contribution < 1.29 is 9.85 Å². The van der Waals surface area contributed by atoms with E-state index in [2.05, 4.69) is 9.97 Å². The lowest BCUT2D eigenvalue weighted by atomic mass is 10.2. The number of hydrogen-bond acceptors (Lipinski definition) is 5. The molecule has 0 fully saturated rings. The lowest BCUT2D eigenvalue weighted by Gasteiger charge is -1.95. The first-order valence-electron chi connectivity index (χ1n) is 5.22. The van der Waals surface area contributed by atoms with Crippen molar-refractivity contribution in [2.75, 3.05) is 0 Å². The SMILES string of the molecule is CC(C)c1nc2cc([N+](=O)[O-])c([N+](=O)[O-])cc2[nH]1. The van der Waals surface area contributed by atoms with Crippen molar-refractivity contribution in [3.05, 3.63) is 38.2 Å². The molecule has 0 bridgehead atoms. The lowest BCUT2D eigenvalue weighted by Crippen LogP contribution is -1.96. The number of nitrogens with zero attached hydrogens (tertiary/aromatic N) is 3. The summed E-state index contributed by atoms with van der Waals surface area (Å²) in [6, 6.07) is 2.27. The highest BCUT2D eigenvalue weighted by Gasteiger charge is 2.26. The Bertz CT molecular complexity index is 596. The molecule has 0 unspecified atom stereocenters. The molecule has 0 aliphatic carbocycles. The van der Waals surface area contributed by atoms with Crippen molar-refractivity contribution in [2.45, 2.75) is 19.8 Å². The van der Waals surface area contributed by atoms with Gasteiger partial charge in [0.05, 0.1) is 26.9 Å². The van der Waals surface area contributed by atoms with Gasteiger partial charge in [-0.2, -0.15) is 0 Å². The fraction of sp³-hybridized carbons (Fsp3) is 0.300. The molecule has 0 amide bonds. The van der Waals surface area contributed by atoms with E-state index in [-0.39, 0.29) is 5.92 Å². The van der Waals surface area contributed by atoms with Gasteiger partial charge in [-0.05, 0) is 0 Å². The Morgan fingerprint density at radius 2 is 1.72 bits per heavy atom. The predicted molar refractivity (Wildman–Crippen MR) is 63.5 cm³/mol. The maximum atomic E-state index is 10.8. The van der Waals surface area contributed by atoms with Crippen LogP contribution in [0.1, 0.15) is 25.6 Å². The van der Waals surface area contributed by atoms with Crippen molar-refractivity contribution in [1.82, 2.24) is 9.97 Å².